The van der Waals surface area contributed by atoms with Gasteiger partial charge in [0.2, 0.25) is 11.8 Å². The van der Waals surface area contributed by atoms with Crippen LogP contribution in [0.5, 0.6) is 0 Å². The Kier molecular flexibility index (Phi) is 7.66. The van der Waals surface area contributed by atoms with E-state index in [0.29, 0.717) is 37.8 Å². The number of hydrogen-bond acceptors (Lipinski definition) is 6. The van der Waals surface area contributed by atoms with E-state index >= 15 is 0 Å². The SMILES string of the molecule is Cc1nc(CN2CCN(C(=O)[C@H]3C[C@H](F)CN3)CC2)no1.Cl.Cl. The van der Waals surface area contributed by atoms with Gasteiger partial charge in [-0.15, -0.1) is 24.8 Å². The molecule has 0 saturated carbocycles. The minimum atomic E-state index is -0.901. The van der Waals surface area contributed by atoms with Crippen LogP contribution >= 0.6 is 24.8 Å². The molecule has 0 aromatic carbocycles. The van der Waals surface area contributed by atoms with E-state index in [-0.39, 0.29) is 43.3 Å². The Morgan fingerprint density at radius 3 is 2.57 bits per heavy atom. The summed E-state index contributed by atoms with van der Waals surface area (Å²) >= 11 is 0. The maximum atomic E-state index is 13.1. The number of aromatic nitrogens is 2. The summed E-state index contributed by atoms with van der Waals surface area (Å²) in [5.74, 6) is 1.25. The number of nitrogens with zero attached hydrogens (tertiary/aromatic N) is 4. The minimum absolute atomic E-state index is 0. The molecule has 0 aliphatic carbocycles. The lowest BCUT2D eigenvalue weighted by molar-refractivity contribution is -0.135. The molecule has 1 amide bonds. The molecular formula is C13H22Cl2FN5O2. The molecule has 7 nitrogen and oxygen atoms in total. The zero-order valence-electron chi connectivity index (χ0n) is 12.9. The molecule has 23 heavy (non-hydrogen) atoms. The summed E-state index contributed by atoms with van der Waals surface area (Å²) < 4.78 is 18.1. The second kappa shape index (κ2) is 8.77. The molecule has 2 aliphatic rings. The third-order valence-corrected chi connectivity index (χ3v) is 3.99. The van der Waals surface area contributed by atoms with Gasteiger partial charge in [-0.05, 0) is 0 Å². The molecule has 2 saturated heterocycles. The van der Waals surface area contributed by atoms with Gasteiger partial charge in [0.15, 0.2) is 5.82 Å². The van der Waals surface area contributed by atoms with Crippen molar-refractivity contribution in [1.82, 2.24) is 25.3 Å². The van der Waals surface area contributed by atoms with Crippen LogP contribution in [0.2, 0.25) is 0 Å². The van der Waals surface area contributed by atoms with Crippen LogP contribution in [0.25, 0.3) is 0 Å². The molecule has 0 spiro atoms. The number of nitrogens with one attached hydrogen (secondary N) is 1. The van der Waals surface area contributed by atoms with Crippen molar-refractivity contribution >= 4 is 30.7 Å². The molecule has 132 valence electrons. The maximum absolute atomic E-state index is 13.1. The first kappa shape index (κ1) is 20.1. The summed E-state index contributed by atoms with van der Waals surface area (Å²) in [6.45, 7) is 5.53. The molecule has 2 fully saturated rings. The van der Waals surface area contributed by atoms with Crippen molar-refractivity contribution in [1.29, 1.82) is 0 Å². The Balaban J connectivity index is 0.00000132. The van der Waals surface area contributed by atoms with E-state index in [9.17, 15) is 9.18 Å². The fourth-order valence-corrected chi connectivity index (χ4v) is 2.83. The molecule has 2 aliphatic heterocycles. The monoisotopic (exact) mass is 369 g/mol. The van der Waals surface area contributed by atoms with Gasteiger partial charge in [0, 0.05) is 46.1 Å². The lowest BCUT2D eigenvalue weighted by atomic mass is 10.1. The van der Waals surface area contributed by atoms with E-state index < -0.39 is 6.17 Å². The molecule has 2 atom stereocenters. The lowest BCUT2D eigenvalue weighted by Crippen LogP contribution is -2.52. The van der Waals surface area contributed by atoms with Crippen LogP contribution in [0.1, 0.15) is 18.1 Å². The Morgan fingerprint density at radius 1 is 1.35 bits per heavy atom. The zero-order valence-corrected chi connectivity index (χ0v) is 14.5. The van der Waals surface area contributed by atoms with E-state index in [2.05, 4.69) is 20.4 Å². The summed E-state index contributed by atoms with van der Waals surface area (Å²) in [5.41, 5.74) is 0. The highest BCUT2D eigenvalue weighted by Crippen LogP contribution is 2.14. The average molecular weight is 370 g/mol. The fourth-order valence-electron chi connectivity index (χ4n) is 2.83. The number of alkyl halides is 1. The molecule has 1 N–H and O–H groups in total. The first-order chi connectivity index (χ1) is 10.1. The molecule has 0 radical (unpaired) electrons. The highest BCUT2D eigenvalue weighted by atomic mass is 35.5. The first-order valence-corrected chi connectivity index (χ1v) is 7.29. The van der Waals surface area contributed by atoms with Crippen LogP contribution in [-0.4, -0.2) is 70.8 Å². The zero-order chi connectivity index (χ0) is 14.8. The van der Waals surface area contributed by atoms with Crippen molar-refractivity contribution in [3.8, 4) is 0 Å². The van der Waals surface area contributed by atoms with Crippen molar-refractivity contribution in [2.24, 2.45) is 0 Å². The minimum Gasteiger partial charge on any atom is -0.340 e. The summed E-state index contributed by atoms with van der Waals surface area (Å²) in [4.78, 5) is 20.4. The largest absolute Gasteiger partial charge is 0.340 e. The van der Waals surface area contributed by atoms with Gasteiger partial charge < -0.3 is 14.7 Å². The third-order valence-electron chi connectivity index (χ3n) is 3.99. The van der Waals surface area contributed by atoms with Gasteiger partial charge in [0.05, 0.1) is 12.6 Å². The van der Waals surface area contributed by atoms with Crippen molar-refractivity contribution in [3.63, 3.8) is 0 Å². The van der Waals surface area contributed by atoms with Crippen LogP contribution < -0.4 is 5.32 Å². The van der Waals surface area contributed by atoms with E-state index in [1.54, 1.807) is 6.92 Å². The third kappa shape index (κ3) is 5.00. The Morgan fingerprint density at radius 2 is 2.04 bits per heavy atom. The van der Waals surface area contributed by atoms with Gasteiger partial charge in [0.1, 0.15) is 6.17 Å². The second-order valence-corrected chi connectivity index (χ2v) is 5.62. The predicted octanol–water partition coefficient (Wildman–Crippen LogP) is 0.566. The van der Waals surface area contributed by atoms with Crippen LogP contribution in [-0.2, 0) is 11.3 Å². The van der Waals surface area contributed by atoms with Gasteiger partial charge in [0.25, 0.3) is 0 Å². The Hall–Kier alpha value is -0.960. The quantitative estimate of drug-likeness (QED) is 0.839. The van der Waals surface area contributed by atoms with Gasteiger partial charge in [-0.25, -0.2) is 4.39 Å². The molecule has 3 heterocycles. The number of amides is 1. The smallest absolute Gasteiger partial charge is 0.239 e. The molecule has 1 aromatic heterocycles. The number of carbonyl (C=O) groups is 1. The normalized spacial score (nSPS) is 24.9. The number of aryl methyl sites for hydroxylation is 1. The molecule has 10 heteroatoms. The van der Waals surface area contributed by atoms with Gasteiger partial charge >= 0.3 is 0 Å². The van der Waals surface area contributed by atoms with E-state index in [1.165, 1.54) is 0 Å². The van der Waals surface area contributed by atoms with Crippen molar-refractivity contribution < 1.29 is 13.7 Å². The maximum Gasteiger partial charge on any atom is 0.239 e. The topological polar surface area (TPSA) is 74.5 Å². The molecule has 3 rings (SSSR count). The first-order valence-electron chi connectivity index (χ1n) is 7.29. The molecular weight excluding hydrogens is 348 g/mol. The average Bonchev–Trinajstić information content (AvgIpc) is 3.08. The summed E-state index contributed by atoms with van der Waals surface area (Å²) in [5, 5.41) is 6.82. The number of rotatable bonds is 3. The summed E-state index contributed by atoms with van der Waals surface area (Å²) in [6, 6.07) is -0.355. The van der Waals surface area contributed by atoms with Crippen molar-refractivity contribution in [2.45, 2.75) is 32.1 Å². The number of piperazine rings is 1. The predicted molar refractivity (Wildman–Crippen MR) is 86.7 cm³/mol. The van der Waals surface area contributed by atoms with Crippen LogP contribution in [0.3, 0.4) is 0 Å². The van der Waals surface area contributed by atoms with E-state index in [4.69, 9.17) is 4.52 Å². The van der Waals surface area contributed by atoms with E-state index in [1.807, 2.05) is 4.90 Å². The van der Waals surface area contributed by atoms with Crippen LogP contribution in [0.15, 0.2) is 4.52 Å². The summed E-state index contributed by atoms with van der Waals surface area (Å²) in [7, 11) is 0. The highest BCUT2D eigenvalue weighted by Gasteiger charge is 2.33. The highest BCUT2D eigenvalue weighted by molar-refractivity contribution is 5.85. The fraction of sp³-hybridized carbons (Fsp3) is 0.769. The van der Waals surface area contributed by atoms with Gasteiger partial charge in [-0.3, -0.25) is 9.69 Å². The van der Waals surface area contributed by atoms with Crippen molar-refractivity contribution in [2.75, 3.05) is 32.7 Å². The van der Waals surface area contributed by atoms with Crippen LogP contribution in [0.4, 0.5) is 4.39 Å². The second-order valence-electron chi connectivity index (χ2n) is 5.62. The summed E-state index contributed by atoms with van der Waals surface area (Å²) in [6.07, 6.45) is -0.608. The number of halogens is 3. The van der Waals surface area contributed by atoms with Crippen LogP contribution in [0, 0.1) is 6.92 Å². The standard InChI is InChI=1S/C13H20FN5O2.2ClH/c1-9-16-12(17-21-9)8-18-2-4-19(5-3-18)13(20)11-6-10(14)7-15-11;;/h10-11,15H,2-8H2,1H3;2*1H/t10-,11+;;/m0../s1. The van der Waals surface area contributed by atoms with E-state index in [0.717, 1.165) is 13.1 Å². The van der Waals surface area contributed by atoms with Crippen molar-refractivity contribution in [3.05, 3.63) is 11.7 Å². The molecule has 0 unspecified atom stereocenters. The van der Waals surface area contributed by atoms with Gasteiger partial charge in [-0.2, -0.15) is 4.98 Å². The molecule has 0 bridgehead atoms. The number of carbonyl (C=O) groups excluding carboxylic acids is 1. The lowest BCUT2D eigenvalue weighted by Gasteiger charge is -2.35. The van der Waals surface area contributed by atoms with Gasteiger partial charge in [-0.1, -0.05) is 5.16 Å². The molecule has 1 aromatic rings. The Bertz CT molecular complexity index is 510. The Labute approximate surface area is 146 Å². The number of hydrogen-bond donors (Lipinski definition) is 1.